The molecule has 0 spiro atoms. The summed E-state index contributed by atoms with van der Waals surface area (Å²) < 4.78 is 50.6. The lowest BCUT2D eigenvalue weighted by Gasteiger charge is -2.41. The average Bonchev–Trinajstić information content (AvgIpc) is 2.86. The number of halogens is 3. The molecule has 2 aromatic rings. The second-order valence-corrected chi connectivity index (χ2v) is 9.29. The third kappa shape index (κ3) is 6.35. The molecule has 4 rings (SSSR count). The highest BCUT2D eigenvalue weighted by Crippen LogP contribution is 2.30. The molecule has 1 saturated heterocycles. The minimum Gasteiger partial charge on any atom is -0.491 e. The monoisotopic (exact) mass is 490 g/mol. The lowest BCUT2D eigenvalue weighted by molar-refractivity contribution is -0.137. The molecule has 2 atom stereocenters. The number of para-hydroxylation sites is 1. The molecular formula is C27H33F3N2O3. The number of fused-ring (bicyclic) bond motifs is 2. The third-order valence-electron chi connectivity index (χ3n) is 6.97. The minimum absolute atomic E-state index is 0.00848. The van der Waals surface area contributed by atoms with Crippen molar-refractivity contribution in [2.24, 2.45) is 0 Å². The third-order valence-corrected chi connectivity index (χ3v) is 6.97. The predicted octanol–water partition coefficient (Wildman–Crippen LogP) is 5.39. The highest BCUT2D eigenvalue weighted by molar-refractivity contribution is 5.97. The van der Waals surface area contributed by atoms with E-state index in [1.807, 2.05) is 29.2 Å². The van der Waals surface area contributed by atoms with E-state index < -0.39 is 11.7 Å². The number of alkyl halides is 3. The Morgan fingerprint density at radius 3 is 2.49 bits per heavy atom. The molecule has 0 unspecified atom stereocenters. The van der Waals surface area contributed by atoms with Gasteiger partial charge in [0.05, 0.1) is 23.3 Å². The summed E-state index contributed by atoms with van der Waals surface area (Å²) >= 11 is 0. The molecule has 5 nitrogen and oxygen atoms in total. The molecule has 8 heteroatoms. The summed E-state index contributed by atoms with van der Waals surface area (Å²) in [5, 5.41) is 0. The fraction of sp³-hybridized carbons (Fsp3) is 0.519. The fourth-order valence-corrected chi connectivity index (χ4v) is 5.12. The Balaban J connectivity index is 1.52. The van der Waals surface area contributed by atoms with Crippen LogP contribution < -0.4 is 4.74 Å². The van der Waals surface area contributed by atoms with Crippen LogP contribution in [0, 0.1) is 0 Å². The zero-order chi connectivity index (χ0) is 24.8. The van der Waals surface area contributed by atoms with E-state index in [1.165, 1.54) is 0 Å². The van der Waals surface area contributed by atoms with Crippen molar-refractivity contribution in [1.29, 1.82) is 0 Å². The molecule has 2 aliphatic heterocycles. The summed E-state index contributed by atoms with van der Waals surface area (Å²) in [6, 6.07) is 12.7. The normalized spacial score (nSPS) is 22.7. The molecule has 0 saturated carbocycles. The van der Waals surface area contributed by atoms with Crippen molar-refractivity contribution in [3.8, 4) is 5.75 Å². The van der Waals surface area contributed by atoms with Gasteiger partial charge in [0.2, 0.25) is 0 Å². The fourth-order valence-electron chi connectivity index (χ4n) is 5.12. The maximum absolute atomic E-state index is 13.5. The van der Waals surface area contributed by atoms with Crippen LogP contribution in [-0.4, -0.2) is 61.2 Å². The van der Waals surface area contributed by atoms with Gasteiger partial charge in [0, 0.05) is 26.7 Å². The maximum atomic E-state index is 13.5. The maximum Gasteiger partial charge on any atom is 0.416 e. The van der Waals surface area contributed by atoms with E-state index in [2.05, 4.69) is 4.90 Å². The molecular weight excluding hydrogens is 457 g/mol. The molecule has 2 aromatic carbocycles. The number of carbonyl (C=O) groups excluding carboxylic acids is 1. The van der Waals surface area contributed by atoms with Gasteiger partial charge in [-0.15, -0.1) is 0 Å². The number of hydrogen-bond donors (Lipinski definition) is 0. The van der Waals surface area contributed by atoms with Crippen LogP contribution in [0.25, 0.3) is 0 Å². The molecule has 0 radical (unpaired) electrons. The van der Waals surface area contributed by atoms with Crippen LogP contribution in [0.5, 0.6) is 5.75 Å². The number of piperidine rings is 1. The molecule has 0 bridgehead atoms. The number of nitrogens with zero attached hydrogens (tertiary/aromatic N) is 2. The minimum atomic E-state index is -4.34. The van der Waals surface area contributed by atoms with E-state index in [0.29, 0.717) is 37.6 Å². The number of benzene rings is 2. The van der Waals surface area contributed by atoms with E-state index in [-0.39, 0.29) is 18.1 Å². The van der Waals surface area contributed by atoms with Crippen molar-refractivity contribution in [3.05, 3.63) is 65.2 Å². The van der Waals surface area contributed by atoms with Crippen molar-refractivity contribution in [2.75, 3.05) is 33.4 Å². The summed E-state index contributed by atoms with van der Waals surface area (Å²) in [5.41, 5.74) is 0.749. The van der Waals surface area contributed by atoms with Gasteiger partial charge in [0.25, 0.3) is 5.91 Å². The summed E-state index contributed by atoms with van der Waals surface area (Å²) in [6.45, 7) is 3.03. The highest BCUT2D eigenvalue weighted by Gasteiger charge is 2.35. The van der Waals surface area contributed by atoms with Gasteiger partial charge in [-0.1, -0.05) is 30.7 Å². The first-order chi connectivity index (χ1) is 16.9. The van der Waals surface area contributed by atoms with Gasteiger partial charge in [0.15, 0.2) is 0 Å². The molecule has 0 aromatic heterocycles. The van der Waals surface area contributed by atoms with Crippen molar-refractivity contribution in [2.45, 2.75) is 57.0 Å². The second-order valence-electron chi connectivity index (χ2n) is 9.29. The topological polar surface area (TPSA) is 42.0 Å². The molecule has 0 aliphatic carbocycles. The van der Waals surface area contributed by atoms with Crippen LogP contribution in [0.4, 0.5) is 13.2 Å². The Bertz CT molecular complexity index is 980. The van der Waals surface area contributed by atoms with E-state index in [9.17, 15) is 18.0 Å². The van der Waals surface area contributed by atoms with Crippen LogP contribution >= 0.6 is 0 Å². The number of methoxy groups -OCH3 is 1. The van der Waals surface area contributed by atoms with Crippen LogP contribution in [0.1, 0.15) is 53.6 Å². The number of carbonyl (C=O) groups is 1. The highest BCUT2D eigenvalue weighted by atomic mass is 19.4. The van der Waals surface area contributed by atoms with Gasteiger partial charge in [0.1, 0.15) is 12.4 Å². The summed E-state index contributed by atoms with van der Waals surface area (Å²) in [4.78, 5) is 17.7. The van der Waals surface area contributed by atoms with Gasteiger partial charge in [-0.3, -0.25) is 9.69 Å². The average molecular weight is 491 g/mol. The quantitative estimate of drug-likeness (QED) is 0.579. The molecule has 2 heterocycles. The first-order valence-electron chi connectivity index (χ1n) is 12.3. The summed E-state index contributed by atoms with van der Waals surface area (Å²) in [7, 11) is 1.71. The van der Waals surface area contributed by atoms with Crippen LogP contribution in [0.15, 0.2) is 48.5 Å². The van der Waals surface area contributed by atoms with Crippen molar-refractivity contribution < 1.29 is 27.4 Å². The number of rotatable bonds is 3. The molecule has 190 valence electrons. The Morgan fingerprint density at radius 2 is 1.74 bits per heavy atom. The number of amides is 1. The SMILES string of the molecule is CO[C@@H]1CCCN2C(=O)c3ccccc3OCCN(Cc3ccc(C(F)(F)F)cc3)CCCC[C@H]12. The molecule has 1 fully saturated rings. The van der Waals surface area contributed by atoms with Crippen molar-refractivity contribution in [1.82, 2.24) is 9.80 Å². The number of hydrogen-bond acceptors (Lipinski definition) is 4. The standard InChI is InChI=1S/C27H33F3N2O3/c1-34-25-10-6-16-32-23(25)8-4-5-15-31(19-20-11-13-21(14-12-20)27(28,29)30)17-18-35-24-9-3-2-7-22(24)26(32)33/h2-3,7,9,11-14,23,25H,4-6,8,10,15-19H2,1H3/t23-,25-/m1/s1. The molecule has 35 heavy (non-hydrogen) atoms. The van der Waals surface area contributed by atoms with Crippen LogP contribution in [0.2, 0.25) is 0 Å². The molecule has 1 amide bonds. The van der Waals surface area contributed by atoms with Gasteiger partial charge in [-0.25, -0.2) is 0 Å². The van der Waals surface area contributed by atoms with Gasteiger partial charge >= 0.3 is 6.18 Å². The van der Waals surface area contributed by atoms with Crippen molar-refractivity contribution >= 4 is 5.91 Å². The smallest absolute Gasteiger partial charge is 0.416 e. The van der Waals surface area contributed by atoms with Crippen molar-refractivity contribution in [3.63, 3.8) is 0 Å². The predicted molar refractivity (Wildman–Crippen MR) is 127 cm³/mol. The van der Waals surface area contributed by atoms with Crippen LogP contribution in [0.3, 0.4) is 0 Å². The lowest BCUT2D eigenvalue weighted by atomic mass is 9.93. The molecule has 2 aliphatic rings. The van der Waals surface area contributed by atoms with Gasteiger partial charge in [-0.05, 0) is 62.1 Å². The van der Waals surface area contributed by atoms with Gasteiger partial charge < -0.3 is 14.4 Å². The lowest BCUT2D eigenvalue weighted by Crippen LogP contribution is -2.51. The van der Waals surface area contributed by atoms with Gasteiger partial charge in [-0.2, -0.15) is 13.2 Å². The largest absolute Gasteiger partial charge is 0.491 e. The molecule has 0 N–H and O–H groups in total. The second kappa shape index (κ2) is 11.4. The summed E-state index contributed by atoms with van der Waals surface area (Å²) in [5.74, 6) is 0.540. The van der Waals surface area contributed by atoms with E-state index >= 15 is 0 Å². The summed E-state index contributed by atoms with van der Waals surface area (Å²) in [6.07, 6.45) is 0.211. The van der Waals surface area contributed by atoms with E-state index in [4.69, 9.17) is 9.47 Å². The van der Waals surface area contributed by atoms with Crippen LogP contribution in [-0.2, 0) is 17.5 Å². The Morgan fingerprint density at radius 1 is 0.971 bits per heavy atom. The Hall–Kier alpha value is -2.58. The zero-order valence-electron chi connectivity index (χ0n) is 20.1. The Kier molecular flexibility index (Phi) is 8.34. The first-order valence-corrected chi connectivity index (χ1v) is 12.3. The number of ether oxygens (including phenoxy) is 2. The zero-order valence-corrected chi connectivity index (χ0v) is 20.1. The van der Waals surface area contributed by atoms with E-state index in [0.717, 1.165) is 56.3 Å². The Labute approximate surface area is 204 Å². The van der Waals surface area contributed by atoms with E-state index in [1.54, 1.807) is 19.2 Å². The first kappa shape index (κ1) is 25.5.